The van der Waals surface area contributed by atoms with E-state index in [9.17, 15) is 4.79 Å². The molecule has 1 aromatic rings. The van der Waals surface area contributed by atoms with Crippen molar-refractivity contribution in [3.05, 3.63) is 22.8 Å². The zero-order valence-electron chi connectivity index (χ0n) is 10.7. The Hall–Kier alpha value is -1.29. The third-order valence-corrected chi connectivity index (χ3v) is 3.65. The van der Waals surface area contributed by atoms with E-state index in [1.165, 1.54) is 6.42 Å². The number of nitrogens with zero attached hydrogens (tertiary/aromatic N) is 2. The maximum absolute atomic E-state index is 12.3. The van der Waals surface area contributed by atoms with Crippen LogP contribution in [0.2, 0.25) is 5.02 Å². The maximum atomic E-state index is 12.3. The van der Waals surface area contributed by atoms with Gasteiger partial charge < -0.3 is 10.2 Å². The highest BCUT2D eigenvalue weighted by atomic mass is 35.5. The van der Waals surface area contributed by atoms with Gasteiger partial charge in [0.2, 0.25) is 0 Å². The van der Waals surface area contributed by atoms with Crippen molar-refractivity contribution in [1.82, 2.24) is 9.88 Å². The van der Waals surface area contributed by atoms with E-state index in [4.69, 9.17) is 11.6 Å². The lowest BCUT2D eigenvalue weighted by atomic mass is 9.92. The molecule has 0 bridgehead atoms. The Morgan fingerprint density at radius 2 is 2.28 bits per heavy atom. The molecule has 18 heavy (non-hydrogen) atoms. The van der Waals surface area contributed by atoms with Crippen molar-refractivity contribution in [1.29, 1.82) is 0 Å². The normalized spacial score (nSPS) is 15.1. The lowest BCUT2D eigenvalue weighted by molar-refractivity contribution is 0.0646. The summed E-state index contributed by atoms with van der Waals surface area (Å²) in [6, 6.07) is 3.85. The number of carbonyl (C=O) groups is 1. The lowest BCUT2D eigenvalue weighted by Gasteiger charge is -2.34. The molecule has 1 aliphatic carbocycles. The van der Waals surface area contributed by atoms with Crippen LogP contribution in [0.1, 0.15) is 36.7 Å². The Morgan fingerprint density at radius 3 is 2.83 bits per heavy atom. The van der Waals surface area contributed by atoms with Crippen LogP contribution in [-0.2, 0) is 0 Å². The van der Waals surface area contributed by atoms with Gasteiger partial charge in [0.15, 0.2) is 0 Å². The predicted molar refractivity (Wildman–Crippen MR) is 73.1 cm³/mol. The molecule has 4 nitrogen and oxygen atoms in total. The van der Waals surface area contributed by atoms with Gasteiger partial charge in [0, 0.05) is 19.6 Å². The van der Waals surface area contributed by atoms with Crippen LogP contribution in [0.4, 0.5) is 5.82 Å². The first-order valence-electron chi connectivity index (χ1n) is 6.31. The average Bonchev–Trinajstić information content (AvgIpc) is 2.29. The highest BCUT2D eigenvalue weighted by molar-refractivity contribution is 6.33. The van der Waals surface area contributed by atoms with E-state index in [1.54, 1.807) is 17.0 Å². The largest absolute Gasteiger partial charge is 0.370 e. The molecule has 1 heterocycles. The van der Waals surface area contributed by atoms with Crippen LogP contribution in [-0.4, -0.2) is 35.4 Å². The number of anilines is 1. The number of hydrogen-bond acceptors (Lipinski definition) is 3. The highest BCUT2D eigenvalue weighted by Gasteiger charge is 2.28. The zero-order valence-corrected chi connectivity index (χ0v) is 11.5. The van der Waals surface area contributed by atoms with Crippen molar-refractivity contribution in [3.63, 3.8) is 0 Å². The third kappa shape index (κ3) is 2.58. The number of hydrogen-bond donors (Lipinski definition) is 1. The standard InChI is InChI=1S/C13H18ClN3O/c1-3-15-11-8-7-10(14)12(16-11)13(18)17(2)9-5-4-6-9/h7-9H,3-6H2,1-2H3,(H,15,16). The monoisotopic (exact) mass is 267 g/mol. The Kier molecular flexibility index (Phi) is 4.07. The molecule has 0 unspecified atom stereocenters. The molecule has 1 amide bonds. The summed E-state index contributed by atoms with van der Waals surface area (Å²) >= 11 is 6.06. The second-order valence-electron chi connectivity index (χ2n) is 4.56. The molecule has 0 spiro atoms. The first-order chi connectivity index (χ1) is 8.63. The smallest absolute Gasteiger partial charge is 0.274 e. The molecule has 0 saturated heterocycles. The van der Waals surface area contributed by atoms with Crippen LogP contribution in [0, 0.1) is 0 Å². The molecule has 0 aromatic carbocycles. The molecule has 0 aliphatic heterocycles. The molecular formula is C13H18ClN3O. The minimum atomic E-state index is -0.0931. The molecule has 1 saturated carbocycles. The molecular weight excluding hydrogens is 250 g/mol. The van der Waals surface area contributed by atoms with Crippen molar-refractivity contribution in [2.45, 2.75) is 32.2 Å². The Balaban J connectivity index is 2.19. The summed E-state index contributed by atoms with van der Waals surface area (Å²) in [7, 11) is 1.82. The van der Waals surface area contributed by atoms with Crippen LogP contribution >= 0.6 is 11.6 Å². The molecule has 1 aromatic heterocycles. The van der Waals surface area contributed by atoms with E-state index < -0.39 is 0 Å². The first-order valence-corrected chi connectivity index (χ1v) is 6.69. The minimum Gasteiger partial charge on any atom is -0.370 e. The Morgan fingerprint density at radius 1 is 1.56 bits per heavy atom. The van der Waals surface area contributed by atoms with Crippen LogP contribution in [0.15, 0.2) is 12.1 Å². The molecule has 5 heteroatoms. The third-order valence-electron chi connectivity index (χ3n) is 3.35. The van der Waals surface area contributed by atoms with Gasteiger partial charge in [0.1, 0.15) is 11.5 Å². The molecule has 98 valence electrons. The second kappa shape index (κ2) is 5.57. The Bertz CT molecular complexity index is 446. The SMILES string of the molecule is CCNc1ccc(Cl)c(C(=O)N(C)C2CCC2)n1. The van der Waals surface area contributed by atoms with Gasteiger partial charge in [-0.2, -0.15) is 0 Å². The number of nitrogens with one attached hydrogen (secondary N) is 1. The quantitative estimate of drug-likeness (QED) is 0.912. The second-order valence-corrected chi connectivity index (χ2v) is 4.97. The number of aromatic nitrogens is 1. The summed E-state index contributed by atoms with van der Waals surface area (Å²) in [5, 5.41) is 3.50. The van der Waals surface area contributed by atoms with E-state index in [1.807, 2.05) is 14.0 Å². The summed E-state index contributed by atoms with van der Waals surface area (Å²) in [4.78, 5) is 18.4. The van der Waals surface area contributed by atoms with Gasteiger partial charge in [-0.25, -0.2) is 4.98 Å². The number of carbonyl (C=O) groups excluding carboxylic acids is 1. The van der Waals surface area contributed by atoms with Gasteiger partial charge in [-0.3, -0.25) is 4.79 Å². The van der Waals surface area contributed by atoms with Crippen LogP contribution < -0.4 is 5.32 Å². The predicted octanol–water partition coefficient (Wildman–Crippen LogP) is 2.79. The van der Waals surface area contributed by atoms with E-state index in [2.05, 4.69) is 10.3 Å². The van der Waals surface area contributed by atoms with E-state index >= 15 is 0 Å². The van der Waals surface area contributed by atoms with Crippen molar-refractivity contribution < 1.29 is 4.79 Å². The fraction of sp³-hybridized carbons (Fsp3) is 0.538. The lowest BCUT2D eigenvalue weighted by Crippen LogP contribution is -2.41. The van der Waals surface area contributed by atoms with Crippen molar-refractivity contribution in [2.75, 3.05) is 18.9 Å². The van der Waals surface area contributed by atoms with Gasteiger partial charge in [-0.05, 0) is 38.3 Å². The summed E-state index contributed by atoms with van der Waals surface area (Å²) < 4.78 is 0. The van der Waals surface area contributed by atoms with E-state index in [0.717, 1.165) is 19.4 Å². The van der Waals surface area contributed by atoms with Crippen LogP contribution in [0.3, 0.4) is 0 Å². The fourth-order valence-electron chi connectivity index (χ4n) is 1.98. The van der Waals surface area contributed by atoms with Crippen molar-refractivity contribution in [2.24, 2.45) is 0 Å². The van der Waals surface area contributed by atoms with Crippen LogP contribution in [0.25, 0.3) is 0 Å². The maximum Gasteiger partial charge on any atom is 0.274 e. The minimum absolute atomic E-state index is 0.0931. The number of halogens is 1. The van der Waals surface area contributed by atoms with Gasteiger partial charge in [0.05, 0.1) is 5.02 Å². The van der Waals surface area contributed by atoms with Gasteiger partial charge in [-0.15, -0.1) is 0 Å². The number of rotatable bonds is 4. The summed E-state index contributed by atoms with van der Waals surface area (Å²) in [5.41, 5.74) is 0.338. The summed E-state index contributed by atoms with van der Waals surface area (Å²) in [5.74, 6) is 0.594. The van der Waals surface area contributed by atoms with Crippen LogP contribution in [0.5, 0.6) is 0 Å². The highest BCUT2D eigenvalue weighted by Crippen LogP contribution is 2.26. The van der Waals surface area contributed by atoms with E-state index in [-0.39, 0.29) is 5.91 Å². The van der Waals surface area contributed by atoms with Crippen molar-refractivity contribution in [3.8, 4) is 0 Å². The fourth-order valence-corrected chi connectivity index (χ4v) is 2.16. The summed E-state index contributed by atoms with van der Waals surface area (Å²) in [6.45, 7) is 2.75. The topological polar surface area (TPSA) is 45.2 Å². The zero-order chi connectivity index (χ0) is 13.1. The first kappa shape index (κ1) is 13.1. The molecule has 1 aliphatic rings. The van der Waals surface area contributed by atoms with Gasteiger partial charge >= 0.3 is 0 Å². The van der Waals surface area contributed by atoms with Crippen molar-refractivity contribution >= 4 is 23.3 Å². The molecule has 1 fully saturated rings. The van der Waals surface area contributed by atoms with E-state index in [0.29, 0.717) is 22.6 Å². The summed E-state index contributed by atoms with van der Waals surface area (Å²) in [6.07, 6.45) is 3.35. The average molecular weight is 268 g/mol. The molecule has 1 N–H and O–H groups in total. The molecule has 0 radical (unpaired) electrons. The van der Waals surface area contributed by atoms with Gasteiger partial charge in [0.25, 0.3) is 5.91 Å². The Labute approximate surface area is 112 Å². The molecule has 0 atom stereocenters. The molecule has 2 rings (SSSR count). The number of pyridine rings is 1. The number of amides is 1. The van der Waals surface area contributed by atoms with Gasteiger partial charge in [-0.1, -0.05) is 11.6 Å².